The van der Waals surface area contributed by atoms with E-state index in [1.807, 2.05) is 0 Å². The summed E-state index contributed by atoms with van der Waals surface area (Å²) < 4.78 is 0. The molecule has 4 unspecified atom stereocenters. The molecule has 1 amide bonds. The van der Waals surface area contributed by atoms with Crippen LogP contribution in [0.2, 0.25) is 0 Å². The molecule has 1 heterocycles. The van der Waals surface area contributed by atoms with Crippen molar-refractivity contribution >= 4 is 5.91 Å². The summed E-state index contributed by atoms with van der Waals surface area (Å²) in [4.78, 5) is 12.6. The summed E-state index contributed by atoms with van der Waals surface area (Å²) in [6.45, 7) is 4.43. The van der Waals surface area contributed by atoms with Crippen molar-refractivity contribution in [2.24, 2.45) is 23.7 Å². The number of fused-ring (bicyclic) bond motifs is 1. The van der Waals surface area contributed by atoms with Crippen LogP contribution in [0, 0.1) is 23.7 Å². The van der Waals surface area contributed by atoms with Gasteiger partial charge in [-0.05, 0) is 69.9 Å². The first-order valence-electron chi connectivity index (χ1n) is 9.25. The molecule has 3 fully saturated rings. The number of nitrogens with one attached hydrogen (secondary N) is 2. The molecule has 0 aromatic heterocycles. The van der Waals surface area contributed by atoms with Gasteiger partial charge >= 0.3 is 0 Å². The minimum atomic E-state index is 0.300. The van der Waals surface area contributed by atoms with E-state index in [0.717, 1.165) is 37.8 Å². The van der Waals surface area contributed by atoms with Crippen LogP contribution in [0.5, 0.6) is 0 Å². The van der Waals surface area contributed by atoms with E-state index in [4.69, 9.17) is 0 Å². The van der Waals surface area contributed by atoms with Crippen molar-refractivity contribution in [1.82, 2.24) is 10.6 Å². The lowest BCUT2D eigenvalue weighted by atomic mass is 9.67. The predicted octanol–water partition coefficient (Wildman–Crippen LogP) is 3.10. The fraction of sp³-hybridized carbons (Fsp3) is 0.944. The average molecular weight is 292 g/mol. The lowest BCUT2D eigenvalue weighted by Gasteiger charge is -2.39. The lowest BCUT2D eigenvalue weighted by Crippen LogP contribution is -2.46. The van der Waals surface area contributed by atoms with Gasteiger partial charge in [0.15, 0.2) is 0 Å². The molecule has 21 heavy (non-hydrogen) atoms. The Morgan fingerprint density at radius 3 is 2.48 bits per heavy atom. The number of rotatable bonds is 3. The van der Waals surface area contributed by atoms with E-state index in [2.05, 4.69) is 17.6 Å². The molecular weight excluding hydrogens is 260 g/mol. The average Bonchev–Trinajstić information content (AvgIpc) is 2.55. The van der Waals surface area contributed by atoms with Crippen LogP contribution in [0.25, 0.3) is 0 Å². The third-order valence-corrected chi connectivity index (χ3v) is 6.37. The topological polar surface area (TPSA) is 41.1 Å². The maximum atomic E-state index is 12.6. The van der Waals surface area contributed by atoms with Crippen molar-refractivity contribution < 1.29 is 4.79 Å². The number of hydrogen-bond acceptors (Lipinski definition) is 2. The van der Waals surface area contributed by atoms with Crippen LogP contribution in [0.1, 0.15) is 64.7 Å². The molecule has 0 spiro atoms. The minimum Gasteiger partial charge on any atom is -0.353 e. The zero-order valence-corrected chi connectivity index (χ0v) is 13.6. The molecule has 2 aliphatic carbocycles. The number of carbonyl (C=O) groups excluding carboxylic acids is 1. The van der Waals surface area contributed by atoms with Gasteiger partial charge in [0.2, 0.25) is 5.91 Å². The highest BCUT2D eigenvalue weighted by Gasteiger charge is 2.35. The Morgan fingerprint density at radius 1 is 1.00 bits per heavy atom. The maximum absolute atomic E-state index is 12.6. The van der Waals surface area contributed by atoms with Crippen molar-refractivity contribution in [2.45, 2.75) is 70.8 Å². The molecule has 2 saturated carbocycles. The van der Waals surface area contributed by atoms with Crippen LogP contribution in [-0.2, 0) is 4.79 Å². The lowest BCUT2D eigenvalue weighted by molar-refractivity contribution is -0.128. The van der Waals surface area contributed by atoms with E-state index >= 15 is 0 Å². The zero-order chi connectivity index (χ0) is 14.7. The van der Waals surface area contributed by atoms with Gasteiger partial charge < -0.3 is 10.6 Å². The molecule has 3 rings (SSSR count). The number of amides is 1. The molecule has 1 saturated heterocycles. The maximum Gasteiger partial charge on any atom is 0.223 e. The summed E-state index contributed by atoms with van der Waals surface area (Å²) in [5.41, 5.74) is 0. The molecule has 0 aromatic carbocycles. The highest BCUT2D eigenvalue weighted by molar-refractivity contribution is 5.79. The molecule has 2 N–H and O–H groups in total. The number of hydrogen-bond donors (Lipinski definition) is 2. The normalized spacial score (nSPS) is 35.8. The van der Waals surface area contributed by atoms with Crippen LogP contribution >= 0.6 is 0 Å². The molecule has 0 radical (unpaired) electrons. The van der Waals surface area contributed by atoms with Crippen LogP contribution in [0.4, 0.5) is 0 Å². The van der Waals surface area contributed by atoms with E-state index in [9.17, 15) is 4.79 Å². The van der Waals surface area contributed by atoms with Gasteiger partial charge in [0.1, 0.15) is 0 Å². The van der Waals surface area contributed by atoms with Crippen molar-refractivity contribution in [3.8, 4) is 0 Å². The van der Waals surface area contributed by atoms with E-state index in [1.165, 1.54) is 44.9 Å². The van der Waals surface area contributed by atoms with Gasteiger partial charge in [-0.15, -0.1) is 0 Å². The standard InChI is InChI=1S/C18H32N2O/c1-13(14-8-10-19-11-9-14)20-18(21)17-7-6-15-4-2-3-5-16(15)12-17/h13-17,19H,2-12H2,1H3,(H,20,21). The van der Waals surface area contributed by atoms with Gasteiger partial charge in [-0.3, -0.25) is 4.79 Å². The van der Waals surface area contributed by atoms with Gasteiger partial charge in [-0.25, -0.2) is 0 Å². The van der Waals surface area contributed by atoms with Crippen molar-refractivity contribution in [2.75, 3.05) is 13.1 Å². The van der Waals surface area contributed by atoms with Crippen LogP contribution < -0.4 is 10.6 Å². The van der Waals surface area contributed by atoms with Crippen LogP contribution in [-0.4, -0.2) is 25.0 Å². The minimum absolute atomic E-state index is 0.300. The Labute approximate surface area is 129 Å². The summed E-state index contributed by atoms with van der Waals surface area (Å²) in [6, 6.07) is 0.351. The highest BCUT2D eigenvalue weighted by atomic mass is 16.1. The molecule has 120 valence electrons. The second kappa shape index (κ2) is 7.13. The van der Waals surface area contributed by atoms with Gasteiger partial charge in [0, 0.05) is 12.0 Å². The van der Waals surface area contributed by atoms with Gasteiger partial charge in [0.05, 0.1) is 0 Å². The first-order chi connectivity index (χ1) is 10.2. The SMILES string of the molecule is CC(NC(=O)C1CCC2CCCCC2C1)C1CCNCC1. The van der Waals surface area contributed by atoms with E-state index in [0.29, 0.717) is 23.8 Å². The Bertz CT molecular complexity index is 351. The zero-order valence-electron chi connectivity index (χ0n) is 13.6. The highest BCUT2D eigenvalue weighted by Crippen LogP contribution is 2.42. The molecule has 0 bridgehead atoms. The summed E-state index contributed by atoms with van der Waals surface area (Å²) in [6.07, 6.45) is 11.6. The Morgan fingerprint density at radius 2 is 1.71 bits per heavy atom. The molecule has 3 aliphatic rings. The van der Waals surface area contributed by atoms with E-state index in [1.54, 1.807) is 0 Å². The smallest absolute Gasteiger partial charge is 0.223 e. The Hall–Kier alpha value is -0.570. The Balaban J connectivity index is 1.48. The van der Waals surface area contributed by atoms with Gasteiger partial charge in [-0.1, -0.05) is 25.7 Å². The van der Waals surface area contributed by atoms with Gasteiger partial charge in [0.25, 0.3) is 0 Å². The van der Waals surface area contributed by atoms with Crippen LogP contribution in [0.3, 0.4) is 0 Å². The summed E-state index contributed by atoms with van der Waals surface area (Å²) in [7, 11) is 0. The fourth-order valence-corrected chi connectivity index (χ4v) is 4.92. The number of piperidine rings is 1. The first kappa shape index (κ1) is 15.3. The molecule has 4 atom stereocenters. The third-order valence-electron chi connectivity index (χ3n) is 6.37. The second-order valence-corrected chi connectivity index (χ2v) is 7.70. The quantitative estimate of drug-likeness (QED) is 0.839. The van der Waals surface area contributed by atoms with Crippen molar-refractivity contribution in [1.29, 1.82) is 0 Å². The van der Waals surface area contributed by atoms with E-state index < -0.39 is 0 Å². The molecule has 1 aliphatic heterocycles. The Kier molecular flexibility index (Phi) is 5.20. The van der Waals surface area contributed by atoms with Crippen LogP contribution in [0.15, 0.2) is 0 Å². The largest absolute Gasteiger partial charge is 0.353 e. The molecule has 3 nitrogen and oxygen atoms in total. The van der Waals surface area contributed by atoms with Gasteiger partial charge in [-0.2, -0.15) is 0 Å². The number of carbonyl (C=O) groups is 1. The summed E-state index contributed by atoms with van der Waals surface area (Å²) >= 11 is 0. The molecular formula is C18H32N2O. The van der Waals surface area contributed by atoms with Crippen molar-refractivity contribution in [3.63, 3.8) is 0 Å². The third kappa shape index (κ3) is 3.80. The fourth-order valence-electron chi connectivity index (χ4n) is 4.92. The predicted molar refractivity (Wildman–Crippen MR) is 86.0 cm³/mol. The van der Waals surface area contributed by atoms with Crippen molar-refractivity contribution in [3.05, 3.63) is 0 Å². The second-order valence-electron chi connectivity index (χ2n) is 7.70. The van der Waals surface area contributed by atoms with E-state index in [-0.39, 0.29) is 0 Å². The first-order valence-corrected chi connectivity index (χ1v) is 9.25. The monoisotopic (exact) mass is 292 g/mol. The molecule has 3 heteroatoms. The summed E-state index contributed by atoms with van der Waals surface area (Å²) in [5.74, 6) is 3.10. The molecule has 0 aromatic rings. The summed E-state index contributed by atoms with van der Waals surface area (Å²) in [5, 5.41) is 6.75.